The Bertz CT molecular complexity index is 246. The maximum absolute atomic E-state index is 11.3. The zero-order valence-corrected chi connectivity index (χ0v) is 11.3. The standard InChI is InChI=1S/C15H26O2/c1-11(16)12-3-5-13(6-4-12)14-7-9-15(17-2)10-8-14/h12-15H,3-10H2,1-2H3. The topological polar surface area (TPSA) is 26.3 Å². The van der Waals surface area contributed by atoms with Crippen LogP contribution in [0.25, 0.3) is 0 Å². The minimum absolute atomic E-state index is 0.376. The van der Waals surface area contributed by atoms with Crippen LogP contribution in [-0.4, -0.2) is 19.0 Å². The van der Waals surface area contributed by atoms with Gasteiger partial charge in [0.25, 0.3) is 0 Å². The van der Waals surface area contributed by atoms with Gasteiger partial charge in [-0.2, -0.15) is 0 Å². The fourth-order valence-electron chi connectivity index (χ4n) is 3.79. The van der Waals surface area contributed by atoms with Crippen molar-refractivity contribution >= 4 is 5.78 Å². The SMILES string of the molecule is COC1CCC(C2CCC(C(C)=O)CC2)CC1. The minimum atomic E-state index is 0.376. The van der Waals surface area contributed by atoms with Gasteiger partial charge in [0.1, 0.15) is 5.78 Å². The van der Waals surface area contributed by atoms with Crippen LogP contribution in [0, 0.1) is 17.8 Å². The van der Waals surface area contributed by atoms with E-state index in [2.05, 4.69) is 0 Å². The van der Waals surface area contributed by atoms with Crippen molar-refractivity contribution in [3.63, 3.8) is 0 Å². The van der Waals surface area contributed by atoms with Crippen LogP contribution in [0.2, 0.25) is 0 Å². The normalized spacial score (nSPS) is 38.9. The van der Waals surface area contributed by atoms with Crippen LogP contribution in [0.15, 0.2) is 0 Å². The number of carbonyl (C=O) groups excluding carboxylic acids is 1. The van der Waals surface area contributed by atoms with Crippen molar-refractivity contribution < 1.29 is 9.53 Å². The van der Waals surface area contributed by atoms with Gasteiger partial charge in [0, 0.05) is 13.0 Å². The van der Waals surface area contributed by atoms with Crippen LogP contribution < -0.4 is 0 Å². The molecular formula is C15H26O2. The molecule has 0 heterocycles. The molecule has 2 saturated carbocycles. The van der Waals surface area contributed by atoms with Crippen LogP contribution in [0.3, 0.4) is 0 Å². The summed E-state index contributed by atoms with van der Waals surface area (Å²) >= 11 is 0. The zero-order chi connectivity index (χ0) is 12.3. The van der Waals surface area contributed by atoms with Crippen LogP contribution in [0.5, 0.6) is 0 Å². The second kappa shape index (κ2) is 5.99. The summed E-state index contributed by atoms with van der Waals surface area (Å²) in [5.74, 6) is 2.59. The molecule has 2 aliphatic carbocycles. The largest absolute Gasteiger partial charge is 0.381 e. The van der Waals surface area contributed by atoms with Gasteiger partial charge in [-0.3, -0.25) is 4.79 Å². The van der Waals surface area contributed by atoms with E-state index >= 15 is 0 Å². The van der Waals surface area contributed by atoms with E-state index in [0.29, 0.717) is 17.8 Å². The lowest BCUT2D eigenvalue weighted by Gasteiger charge is -2.37. The number of hydrogen-bond donors (Lipinski definition) is 0. The molecule has 0 bridgehead atoms. The van der Waals surface area contributed by atoms with Crippen molar-refractivity contribution in [2.75, 3.05) is 7.11 Å². The van der Waals surface area contributed by atoms with Crippen molar-refractivity contribution in [3.05, 3.63) is 0 Å². The smallest absolute Gasteiger partial charge is 0.132 e. The first kappa shape index (κ1) is 13.1. The van der Waals surface area contributed by atoms with Crippen LogP contribution >= 0.6 is 0 Å². The molecule has 2 nitrogen and oxygen atoms in total. The number of ether oxygens (including phenoxy) is 1. The lowest BCUT2D eigenvalue weighted by Crippen LogP contribution is -2.29. The monoisotopic (exact) mass is 238 g/mol. The van der Waals surface area contributed by atoms with Gasteiger partial charge in [-0.1, -0.05) is 0 Å². The zero-order valence-electron chi connectivity index (χ0n) is 11.3. The summed E-state index contributed by atoms with van der Waals surface area (Å²) < 4.78 is 5.43. The average molecular weight is 238 g/mol. The molecule has 0 aliphatic heterocycles. The van der Waals surface area contributed by atoms with E-state index in [0.717, 1.165) is 24.7 Å². The van der Waals surface area contributed by atoms with Crippen LogP contribution in [0.1, 0.15) is 58.3 Å². The van der Waals surface area contributed by atoms with Gasteiger partial charge in [-0.05, 0) is 70.1 Å². The number of methoxy groups -OCH3 is 1. The summed E-state index contributed by atoms with van der Waals surface area (Å²) in [7, 11) is 1.84. The molecule has 17 heavy (non-hydrogen) atoms. The van der Waals surface area contributed by atoms with E-state index in [1.54, 1.807) is 6.92 Å². The van der Waals surface area contributed by atoms with E-state index in [1.807, 2.05) is 7.11 Å². The van der Waals surface area contributed by atoms with E-state index in [1.165, 1.54) is 38.5 Å². The lowest BCUT2D eigenvalue weighted by atomic mass is 9.70. The molecule has 0 aromatic rings. The van der Waals surface area contributed by atoms with Crippen molar-refractivity contribution in [2.24, 2.45) is 17.8 Å². The van der Waals surface area contributed by atoms with E-state index < -0.39 is 0 Å². The Hall–Kier alpha value is -0.370. The molecule has 0 aromatic heterocycles. The highest BCUT2D eigenvalue weighted by molar-refractivity contribution is 5.78. The fraction of sp³-hybridized carbons (Fsp3) is 0.933. The average Bonchev–Trinajstić information content (AvgIpc) is 2.39. The Morgan fingerprint density at radius 2 is 1.35 bits per heavy atom. The van der Waals surface area contributed by atoms with Gasteiger partial charge in [0.2, 0.25) is 0 Å². The molecule has 0 aromatic carbocycles. The van der Waals surface area contributed by atoms with Crippen LogP contribution in [0.4, 0.5) is 0 Å². The van der Waals surface area contributed by atoms with Gasteiger partial charge < -0.3 is 4.74 Å². The third-order valence-corrected chi connectivity index (χ3v) is 5.07. The molecule has 98 valence electrons. The molecule has 2 aliphatic rings. The molecule has 0 spiro atoms. The number of rotatable bonds is 3. The number of carbonyl (C=O) groups is 1. The second-order valence-corrected chi connectivity index (χ2v) is 5.99. The number of ketones is 1. The predicted molar refractivity (Wildman–Crippen MR) is 68.9 cm³/mol. The van der Waals surface area contributed by atoms with Crippen molar-refractivity contribution in [1.82, 2.24) is 0 Å². The molecule has 0 radical (unpaired) electrons. The molecule has 2 fully saturated rings. The fourth-order valence-corrected chi connectivity index (χ4v) is 3.79. The Morgan fingerprint density at radius 3 is 1.76 bits per heavy atom. The van der Waals surface area contributed by atoms with Gasteiger partial charge in [-0.25, -0.2) is 0 Å². The maximum Gasteiger partial charge on any atom is 0.132 e. The quantitative estimate of drug-likeness (QED) is 0.751. The predicted octanol–water partition coefficient (Wildman–Crippen LogP) is 3.59. The summed E-state index contributed by atoms with van der Waals surface area (Å²) in [6.07, 6.45) is 10.5. The van der Waals surface area contributed by atoms with Gasteiger partial charge >= 0.3 is 0 Å². The maximum atomic E-state index is 11.3. The van der Waals surface area contributed by atoms with E-state index in [9.17, 15) is 4.79 Å². The summed E-state index contributed by atoms with van der Waals surface area (Å²) in [6, 6.07) is 0. The third kappa shape index (κ3) is 3.31. The number of Topliss-reactive ketones (excluding diaryl/α,β-unsaturated/α-hetero) is 1. The number of hydrogen-bond acceptors (Lipinski definition) is 2. The van der Waals surface area contributed by atoms with E-state index in [-0.39, 0.29) is 0 Å². The minimum Gasteiger partial charge on any atom is -0.381 e. The molecule has 0 unspecified atom stereocenters. The first-order valence-electron chi connectivity index (χ1n) is 7.24. The molecular weight excluding hydrogens is 212 g/mol. The summed E-state index contributed by atoms with van der Waals surface area (Å²) in [5.41, 5.74) is 0. The Balaban J connectivity index is 1.76. The molecule has 0 N–H and O–H groups in total. The molecule has 2 heteroatoms. The highest BCUT2D eigenvalue weighted by Crippen LogP contribution is 2.40. The second-order valence-electron chi connectivity index (χ2n) is 5.99. The van der Waals surface area contributed by atoms with Gasteiger partial charge in [-0.15, -0.1) is 0 Å². The lowest BCUT2D eigenvalue weighted by molar-refractivity contribution is -0.122. The highest BCUT2D eigenvalue weighted by atomic mass is 16.5. The third-order valence-electron chi connectivity index (χ3n) is 5.07. The molecule has 0 amide bonds. The summed E-state index contributed by atoms with van der Waals surface area (Å²) in [5, 5.41) is 0. The van der Waals surface area contributed by atoms with Gasteiger partial charge in [0.05, 0.1) is 6.10 Å². The van der Waals surface area contributed by atoms with Crippen molar-refractivity contribution in [3.8, 4) is 0 Å². The van der Waals surface area contributed by atoms with Gasteiger partial charge in [0.15, 0.2) is 0 Å². The molecule has 0 atom stereocenters. The first-order chi connectivity index (χ1) is 8.20. The van der Waals surface area contributed by atoms with Crippen molar-refractivity contribution in [1.29, 1.82) is 0 Å². The summed E-state index contributed by atoms with van der Waals surface area (Å²) in [4.78, 5) is 11.3. The van der Waals surface area contributed by atoms with Crippen molar-refractivity contribution in [2.45, 2.75) is 64.4 Å². The Morgan fingerprint density at radius 1 is 0.882 bits per heavy atom. The summed E-state index contributed by atoms with van der Waals surface area (Å²) in [6.45, 7) is 1.76. The highest BCUT2D eigenvalue weighted by Gasteiger charge is 2.31. The Labute approximate surface area is 105 Å². The molecule has 2 rings (SSSR count). The molecule has 0 saturated heterocycles. The van der Waals surface area contributed by atoms with E-state index in [4.69, 9.17) is 4.74 Å². The Kier molecular flexibility index (Phi) is 4.61. The first-order valence-corrected chi connectivity index (χ1v) is 7.24. The van der Waals surface area contributed by atoms with Crippen LogP contribution in [-0.2, 0) is 9.53 Å².